The minimum Gasteiger partial charge on any atom is -0.388 e. The van der Waals surface area contributed by atoms with Crippen LogP contribution in [0.3, 0.4) is 0 Å². The van der Waals surface area contributed by atoms with Crippen LogP contribution in [-0.4, -0.2) is 67.7 Å². The normalized spacial score (nSPS) is 20.2. The first-order valence-electron chi connectivity index (χ1n) is 7.01. The van der Waals surface area contributed by atoms with E-state index < -0.39 is 0 Å². The van der Waals surface area contributed by atoms with Crippen LogP contribution >= 0.6 is 0 Å². The third-order valence-corrected chi connectivity index (χ3v) is 3.56. The van der Waals surface area contributed by atoms with E-state index in [0.717, 1.165) is 37.8 Å². The third kappa shape index (κ3) is 3.00. The largest absolute Gasteiger partial charge is 0.388 e. The molecule has 0 atom stereocenters. The molecule has 2 saturated heterocycles. The third-order valence-electron chi connectivity index (χ3n) is 3.56. The van der Waals surface area contributed by atoms with Gasteiger partial charge in [0.25, 0.3) is 0 Å². The van der Waals surface area contributed by atoms with E-state index in [1.165, 1.54) is 0 Å². The Balaban J connectivity index is 1.85. The van der Waals surface area contributed by atoms with Gasteiger partial charge in [0.1, 0.15) is 18.2 Å². The predicted octanol–water partition coefficient (Wildman–Crippen LogP) is -0.358. The number of aromatic nitrogens is 2. The Kier molecular flexibility index (Phi) is 4.29. The van der Waals surface area contributed by atoms with Gasteiger partial charge in [0.15, 0.2) is 5.82 Å². The summed E-state index contributed by atoms with van der Waals surface area (Å²) < 4.78 is 10.7. The zero-order valence-electron chi connectivity index (χ0n) is 11.5. The maximum absolute atomic E-state index is 9.37. The maximum atomic E-state index is 9.37. The summed E-state index contributed by atoms with van der Waals surface area (Å²) in [6.45, 7) is 6.01. The van der Waals surface area contributed by atoms with Gasteiger partial charge in [0, 0.05) is 32.2 Å². The molecule has 0 spiro atoms. The van der Waals surface area contributed by atoms with E-state index in [1.54, 1.807) is 0 Å². The van der Waals surface area contributed by atoms with Crippen LogP contribution in [0.15, 0.2) is 6.07 Å². The molecule has 3 rings (SSSR count). The zero-order valence-corrected chi connectivity index (χ0v) is 11.5. The lowest BCUT2D eigenvalue weighted by Gasteiger charge is -2.31. The van der Waals surface area contributed by atoms with Crippen molar-refractivity contribution in [1.82, 2.24) is 9.97 Å². The number of hydrogen-bond acceptors (Lipinski definition) is 7. The van der Waals surface area contributed by atoms with Gasteiger partial charge in [0.05, 0.1) is 26.4 Å². The molecule has 0 unspecified atom stereocenters. The molecule has 2 fully saturated rings. The summed E-state index contributed by atoms with van der Waals surface area (Å²) in [5.41, 5.74) is 0. The van der Waals surface area contributed by atoms with Gasteiger partial charge < -0.3 is 24.4 Å². The molecule has 1 aromatic heterocycles. The molecule has 1 N–H and O–H groups in total. The van der Waals surface area contributed by atoms with Crippen LogP contribution < -0.4 is 9.80 Å². The minimum absolute atomic E-state index is 0.143. The molecule has 0 amide bonds. The van der Waals surface area contributed by atoms with Gasteiger partial charge in [-0.2, -0.15) is 0 Å². The first-order valence-corrected chi connectivity index (χ1v) is 7.01. The number of hydrogen-bond donors (Lipinski definition) is 1. The van der Waals surface area contributed by atoms with Crippen LogP contribution in [0.25, 0.3) is 0 Å². The quantitative estimate of drug-likeness (QED) is 0.811. The number of morpholine rings is 2. The summed E-state index contributed by atoms with van der Waals surface area (Å²) in [7, 11) is 0. The van der Waals surface area contributed by atoms with E-state index in [0.29, 0.717) is 32.3 Å². The lowest BCUT2D eigenvalue weighted by atomic mass is 10.3. The first kappa shape index (κ1) is 13.5. The van der Waals surface area contributed by atoms with E-state index in [2.05, 4.69) is 19.8 Å². The molecule has 0 saturated carbocycles. The van der Waals surface area contributed by atoms with Gasteiger partial charge in [-0.3, -0.25) is 0 Å². The van der Waals surface area contributed by atoms with Gasteiger partial charge in [-0.25, -0.2) is 9.97 Å². The molecule has 7 nitrogen and oxygen atoms in total. The second-order valence-electron chi connectivity index (χ2n) is 4.86. The highest BCUT2D eigenvalue weighted by Gasteiger charge is 2.18. The van der Waals surface area contributed by atoms with Gasteiger partial charge in [0.2, 0.25) is 0 Å². The fraction of sp³-hybridized carbons (Fsp3) is 0.692. The fourth-order valence-electron chi connectivity index (χ4n) is 2.45. The molecule has 7 heteroatoms. The van der Waals surface area contributed by atoms with Crippen molar-refractivity contribution in [2.24, 2.45) is 0 Å². The second kappa shape index (κ2) is 6.34. The molecular formula is C13H20N4O3. The second-order valence-corrected chi connectivity index (χ2v) is 4.86. The van der Waals surface area contributed by atoms with Crippen molar-refractivity contribution in [1.29, 1.82) is 0 Å². The Bertz CT molecular complexity index is 409. The topological polar surface area (TPSA) is 71.0 Å². The van der Waals surface area contributed by atoms with Crippen molar-refractivity contribution in [3.63, 3.8) is 0 Å². The van der Waals surface area contributed by atoms with Crippen molar-refractivity contribution in [2.45, 2.75) is 6.61 Å². The number of aliphatic hydroxyl groups is 1. The van der Waals surface area contributed by atoms with Crippen molar-refractivity contribution in [2.75, 3.05) is 62.4 Å². The molecule has 1 aromatic rings. The molecule has 0 bridgehead atoms. The Morgan fingerprint density at radius 3 is 1.75 bits per heavy atom. The van der Waals surface area contributed by atoms with Crippen molar-refractivity contribution < 1.29 is 14.6 Å². The average Bonchev–Trinajstić information content (AvgIpc) is 2.56. The standard InChI is InChI=1S/C13H20N4O3/c18-10-11-14-12(16-1-5-19-6-2-16)9-13(15-11)17-3-7-20-8-4-17/h9,18H,1-8,10H2. The number of ether oxygens (including phenoxy) is 2. The minimum atomic E-state index is -0.143. The highest BCUT2D eigenvalue weighted by Crippen LogP contribution is 2.21. The van der Waals surface area contributed by atoms with Gasteiger partial charge in [-0.1, -0.05) is 0 Å². The van der Waals surface area contributed by atoms with E-state index in [-0.39, 0.29) is 6.61 Å². The van der Waals surface area contributed by atoms with E-state index in [4.69, 9.17) is 9.47 Å². The smallest absolute Gasteiger partial charge is 0.158 e. The Morgan fingerprint density at radius 2 is 1.35 bits per heavy atom. The number of aliphatic hydroxyl groups excluding tert-OH is 1. The predicted molar refractivity (Wildman–Crippen MR) is 74.0 cm³/mol. The highest BCUT2D eigenvalue weighted by molar-refractivity contribution is 5.51. The molecule has 20 heavy (non-hydrogen) atoms. The summed E-state index contributed by atoms with van der Waals surface area (Å²) in [5.74, 6) is 2.21. The molecule has 2 aliphatic rings. The van der Waals surface area contributed by atoms with Crippen molar-refractivity contribution in [3.05, 3.63) is 11.9 Å². The molecule has 0 aliphatic carbocycles. The van der Waals surface area contributed by atoms with Crippen LogP contribution in [0.4, 0.5) is 11.6 Å². The highest BCUT2D eigenvalue weighted by atomic mass is 16.5. The van der Waals surface area contributed by atoms with E-state index >= 15 is 0 Å². The SMILES string of the molecule is OCc1nc(N2CCOCC2)cc(N2CCOCC2)n1. The van der Waals surface area contributed by atoms with Gasteiger partial charge in [-0.05, 0) is 0 Å². The zero-order chi connectivity index (χ0) is 13.8. The lowest BCUT2D eigenvalue weighted by Crippen LogP contribution is -2.39. The molecule has 0 aromatic carbocycles. The first-order chi connectivity index (χ1) is 9.86. The van der Waals surface area contributed by atoms with Crippen LogP contribution in [0.5, 0.6) is 0 Å². The van der Waals surface area contributed by atoms with Crippen LogP contribution in [0.2, 0.25) is 0 Å². The summed E-state index contributed by atoms with van der Waals surface area (Å²) in [4.78, 5) is 13.2. The summed E-state index contributed by atoms with van der Waals surface area (Å²) in [6.07, 6.45) is 0. The average molecular weight is 280 g/mol. The van der Waals surface area contributed by atoms with Gasteiger partial charge in [-0.15, -0.1) is 0 Å². The Hall–Kier alpha value is -1.44. The maximum Gasteiger partial charge on any atom is 0.158 e. The summed E-state index contributed by atoms with van der Waals surface area (Å²) in [6, 6.07) is 2.00. The molecule has 3 heterocycles. The summed E-state index contributed by atoms with van der Waals surface area (Å²) in [5, 5.41) is 9.37. The van der Waals surface area contributed by atoms with Gasteiger partial charge >= 0.3 is 0 Å². The summed E-state index contributed by atoms with van der Waals surface area (Å²) >= 11 is 0. The number of rotatable bonds is 3. The molecule has 110 valence electrons. The van der Waals surface area contributed by atoms with Crippen LogP contribution in [0, 0.1) is 0 Å². The number of anilines is 2. The fourth-order valence-corrected chi connectivity index (χ4v) is 2.45. The molecular weight excluding hydrogens is 260 g/mol. The Morgan fingerprint density at radius 1 is 0.900 bits per heavy atom. The number of nitrogens with zero attached hydrogens (tertiary/aromatic N) is 4. The van der Waals surface area contributed by atoms with E-state index in [9.17, 15) is 5.11 Å². The monoisotopic (exact) mass is 280 g/mol. The van der Waals surface area contributed by atoms with Crippen LogP contribution in [0.1, 0.15) is 5.82 Å². The Labute approximate surface area is 118 Å². The lowest BCUT2D eigenvalue weighted by molar-refractivity contribution is 0.121. The van der Waals surface area contributed by atoms with Crippen molar-refractivity contribution >= 4 is 11.6 Å². The van der Waals surface area contributed by atoms with Crippen molar-refractivity contribution in [3.8, 4) is 0 Å². The van der Waals surface area contributed by atoms with Crippen LogP contribution in [-0.2, 0) is 16.1 Å². The van der Waals surface area contributed by atoms with E-state index in [1.807, 2.05) is 6.07 Å². The molecule has 0 radical (unpaired) electrons. The molecule has 2 aliphatic heterocycles.